The van der Waals surface area contributed by atoms with Gasteiger partial charge in [0.15, 0.2) is 0 Å². The lowest BCUT2D eigenvalue weighted by Crippen LogP contribution is -2.17. The minimum absolute atomic E-state index is 0.0834. The van der Waals surface area contributed by atoms with Crippen molar-refractivity contribution in [1.82, 2.24) is 29.8 Å². The number of fused-ring (bicyclic) bond motifs is 1. The van der Waals surface area contributed by atoms with Gasteiger partial charge in [-0.3, -0.25) is 4.57 Å². The number of hydrogen-bond acceptors (Lipinski definition) is 5. The molecule has 0 fully saturated rings. The first kappa shape index (κ1) is 16.9. The van der Waals surface area contributed by atoms with Gasteiger partial charge >= 0.3 is 5.69 Å². The Bertz CT molecular complexity index is 1100. The number of halogens is 1. The highest BCUT2D eigenvalue weighted by Gasteiger charge is 2.10. The quantitative estimate of drug-likeness (QED) is 0.406. The highest BCUT2D eigenvalue weighted by atomic mass is 35.5. The van der Waals surface area contributed by atoms with Gasteiger partial charge in [-0.25, -0.2) is 4.79 Å². The lowest BCUT2D eigenvalue weighted by molar-refractivity contribution is 0.678. The van der Waals surface area contributed by atoms with Crippen LogP contribution in [0, 0.1) is 0 Å². The molecule has 1 N–H and O–H groups in total. The van der Waals surface area contributed by atoms with E-state index in [1.165, 1.54) is 0 Å². The first-order chi connectivity index (χ1) is 12.7. The molecular weight excluding hydrogens is 372 g/mol. The average Bonchev–Trinajstić information content (AvgIpc) is 3.23. The molecule has 0 aliphatic carbocycles. The van der Waals surface area contributed by atoms with Crippen LogP contribution in [0.25, 0.3) is 16.7 Å². The number of thioether (sulfide) groups is 1. The monoisotopic (exact) mass is 386 g/mol. The fourth-order valence-electron chi connectivity index (χ4n) is 2.75. The first-order valence-electron chi connectivity index (χ1n) is 8.07. The largest absolute Gasteiger partial charge is 0.326 e. The van der Waals surface area contributed by atoms with Gasteiger partial charge in [0.05, 0.1) is 16.7 Å². The standard InChI is InChI=1S/C17H15ClN6OS/c18-12-5-3-6-13(11-12)24-17(20-21-22-24)26-10-4-9-23-15-8-2-1-7-14(15)19-16(23)25/h1-3,5-8,11H,4,9-10H2,(H,19,25). The number of aromatic nitrogens is 6. The summed E-state index contributed by atoms with van der Waals surface area (Å²) < 4.78 is 3.42. The van der Waals surface area contributed by atoms with Gasteiger partial charge in [-0.2, -0.15) is 4.68 Å². The smallest absolute Gasteiger partial charge is 0.306 e. The number of tetrazole rings is 1. The Kier molecular flexibility index (Phi) is 4.77. The summed E-state index contributed by atoms with van der Waals surface area (Å²) in [6, 6.07) is 15.1. The van der Waals surface area contributed by atoms with E-state index in [-0.39, 0.29) is 5.69 Å². The number of benzene rings is 2. The van der Waals surface area contributed by atoms with E-state index in [9.17, 15) is 4.79 Å². The molecule has 132 valence electrons. The maximum atomic E-state index is 12.1. The fraction of sp³-hybridized carbons (Fsp3) is 0.176. The second kappa shape index (κ2) is 7.35. The van der Waals surface area contributed by atoms with Crippen LogP contribution in [0.5, 0.6) is 0 Å². The zero-order chi connectivity index (χ0) is 17.9. The number of H-pyrrole nitrogens is 1. The van der Waals surface area contributed by atoms with Gasteiger partial charge in [-0.1, -0.05) is 41.6 Å². The Labute approximate surface area is 158 Å². The van der Waals surface area contributed by atoms with Crippen molar-refractivity contribution in [1.29, 1.82) is 0 Å². The molecule has 0 saturated carbocycles. The third-order valence-electron chi connectivity index (χ3n) is 3.93. The minimum atomic E-state index is -0.0834. The maximum absolute atomic E-state index is 12.1. The number of rotatable bonds is 6. The van der Waals surface area contributed by atoms with Crippen LogP contribution in [0.15, 0.2) is 58.5 Å². The van der Waals surface area contributed by atoms with E-state index < -0.39 is 0 Å². The molecule has 26 heavy (non-hydrogen) atoms. The topological polar surface area (TPSA) is 81.4 Å². The molecule has 0 aliphatic heterocycles. The van der Waals surface area contributed by atoms with E-state index in [4.69, 9.17) is 11.6 Å². The van der Waals surface area contributed by atoms with Crippen LogP contribution in [0.2, 0.25) is 5.02 Å². The van der Waals surface area contributed by atoms with Crippen molar-refractivity contribution in [3.05, 3.63) is 64.0 Å². The van der Waals surface area contributed by atoms with Crippen molar-refractivity contribution in [2.24, 2.45) is 0 Å². The molecule has 2 aromatic heterocycles. The lowest BCUT2D eigenvalue weighted by Gasteiger charge is -2.05. The van der Waals surface area contributed by atoms with Gasteiger partial charge < -0.3 is 4.98 Å². The summed E-state index contributed by atoms with van der Waals surface area (Å²) in [7, 11) is 0. The van der Waals surface area contributed by atoms with Crippen molar-refractivity contribution < 1.29 is 0 Å². The number of aryl methyl sites for hydroxylation is 1. The molecule has 0 radical (unpaired) electrons. The molecule has 0 atom stereocenters. The Morgan fingerprint density at radius 2 is 2.04 bits per heavy atom. The number of nitrogens with one attached hydrogen (secondary N) is 1. The Balaban J connectivity index is 1.42. The number of imidazole rings is 1. The third-order valence-corrected chi connectivity index (χ3v) is 5.17. The zero-order valence-electron chi connectivity index (χ0n) is 13.7. The summed E-state index contributed by atoms with van der Waals surface area (Å²) in [6.07, 6.45) is 0.814. The summed E-state index contributed by atoms with van der Waals surface area (Å²) in [6.45, 7) is 0.634. The molecule has 2 heterocycles. The van der Waals surface area contributed by atoms with Crippen LogP contribution in [0.4, 0.5) is 0 Å². The van der Waals surface area contributed by atoms with E-state index in [2.05, 4.69) is 20.5 Å². The van der Waals surface area contributed by atoms with E-state index in [1.807, 2.05) is 42.5 Å². The molecule has 9 heteroatoms. The second-order valence-electron chi connectivity index (χ2n) is 5.65. The van der Waals surface area contributed by atoms with Crippen molar-refractivity contribution in [3.8, 4) is 5.69 Å². The fourth-order valence-corrected chi connectivity index (χ4v) is 3.75. The first-order valence-corrected chi connectivity index (χ1v) is 9.43. The Morgan fingerprint density at radius 3 is 2.92 bits per heavy atom. The van der Waals surface area contributed by atoms with Crippen LogP contribution >= 0.6 is 23.4 Å². The van der Waals surface area contributed by atoms with Gasteiger partial charge in [0, 0.05) is 17.3 Å². The number of para-hydroxylation sites is 2. The number of nitrogens with zero attached hydrogens (tertiary/aromatic N) is 5. The predicted molar refractivity (Wildman–Crippen MR) is 102 cm³/mol. The van der Waals surface area contributed by atoms with Gasteiger partial charge in [0.25, 0.3) is 0 Å². The highest BCUT2D eigenvalue weighted by molar-refractivity contribution is 7.99. The van der Waals surface area contributed by atoms with Gasteiger partial charge in [0.1, 0.15) is 0 Å². The van der Waals surface area contributed by atoms with E-state index in [0.29, 0.717) is 16.7 Å². The summed E-state index contributed by atoms with van der Waals surface area (Å²) in [5, 5.41) is 13.2. The van der Waals surface area contributed by atoms with Gasteiger partial charge in [-0.05, 0) is 47.2 Å². The van der Waals surface area contributed by atoms with E-state index >= 15 is 0 Å². The summed E-state index contributed by atoms with van der Waals surface area (Å²) in [5.41, 5.74) is 2.51. The average molecular weight is 387 g/mol. The van der Waals surface area contributed by atoms with Crippen LogP contribution in [0.1, 0.15) is 6.42 Å². The highest BCUT2D eigenvalue weighted by Crippen LogP contribution is 2.21. The van der Waals surface area contributed by atoms with Crippen LogP contribution in [-0.2, 0) is 6.54 Å². The second-order valence-corrected chi connectivity index (χ2v) is 7.15. The molecule has 0 saturated heterocycles. The SMILES string of the molecule is O=c1[nH]c2ccccc2n1CCCSc1nnnn1-c1cccc(Cl)c1. The molecule has 2 aromatic carbocycles. The number of aromatic amines is 1. The number of hydrogen-bond donors (Lipinski definition) is 1. The molecule has 4 aromatic rings. The molecule has 0 amide bonds. The molecule has 0 aliphatic rings. The van der Waals surface area contributed by atoms with Crippen molar-refractivity contribution >= 4 is 34.4 Å². The predicted octanol–water partition coefficient (Wildman–Crippen LogP) is 3.14. The Hall–Kier alpha value is -2.58. The van der Waals surface area contributed by atoms with E-state index in [1.54, 1.807) is 27.1 Å². The van der Waals surface area contributed by atoms with Crippen LogP contribution in [-0.4, -0.2) is 35.5 Å². The van der Waals surface area contributed by atoms with Crippen LogP contribution in [0.3, 0.4) is 0 Å². The molecular formula is C17H15ClN6OS. The molecule has 7 nitrogen and oxygen atoms in total. The normalized spacial score (nSPS) is 11.3. The summed E-state index contributed by atoms with van der Waals surface area (Å²) >= 11 is 7.58. The van der Waals surface area contributed by atoms with Crippen molar-refractivity contribution in [3.63, 3.8) is 0 Å². The van der Waals surface area contributed by atoms with Gasteiger partial charge in [0.2, 0.25) is 5.16 Å². The Morgan fingerprint density at radius 1 is 1.15 bits per heavy atom. The summed E-state index contributed by atoms with van der Waals surface area (Å²) in [5.74, 6) is 0.785. The van der Waals surface area contributed by atoms with Crippen molar-refractivity contribution in [2.45, 2.75) is 18.1 Å². The van der Waals surface area contributed by atoms with Crippen molar-refractivity contribution in [2.75, 3.05) is 5.75 Å². The maximum Gasteiger partial charge on any atom is 0.326 e. The summed E-state index contributed by atoms with van der Waals surface area (Å²) in [4.78, 5) is 15.0. The third kappa shape index (κ3) is 3.38. The van der Waals surface area contributed by atoms with Gasteiger partial charge in [-0.15, -0.1) is 5.10 Å². The molecule has 0 bridgehead atoms. The molecule has 4 rings (SSSR count). The minimum Gasteiger partial charge on any atom is -0.306 e. The van der Waals surface area contributed by atoms with Crippen LogP contribution < -0.4 is 5.69 Å². The zero-order valence-corrected chi connectivity index (χ0v) is 15.2. The lowest BCUT2D eigenvalue weighted by atomic mass is 10.3. The molecule has 0 spiro atoms. The molecule has 0 unspecified atom stereocenters. The van der Waals surface area contributed by atoms with E-state index in [0.717, 1.165) is 28.9 Å².